The molecule has 0 aromatic heterocycles. The van der Waals surface area contributed by atoms with E-state index in [1.54, 1.807) is 13.8 Å². The predicted molar refractivity (Wildman–Crippen MR) is 132 cm³/mol. The molecular formula is C23H27ClN3O9P. The van der Waals surface area contributed by atoms with Crippen LogP contribution in [0.15, 0.2) is 48.9 Å². The highest BCUT2D eigenvalue weighted by Crippen LogP contribution is 2.46. The number of carbonyl (C=O) groups is 2. The molecule has 2 aliphatic heterocycles. The number of ether oxygens (including phenoxy) is 2. The van der Waals surface area contributed by atoms with Crippen LogP contribution >= 0.6 is 19.3 Å². The summed E-state index contributed by atoms with van der Waals surface area (Å²) < 4.78 is 35.2. The lowest BCUT2D eigenvalue weighted by Crippen LogP contribution is -2.54. The summed E-state index contributed by atoms with van der Waals surface area (Å²) in [5, 5.41) is 27.0. The number of nitrogens with zero attached hydrogens (tertiary/aromatic N) is 1. The van der Waals surface area contributed by atoms with Crippen LogP contribution in [-0.2, 0) is 28.2 Å². The van der Waals surface area contributed by atoms with Crippen LogP contribution in [0, 0.1) is 12.3 Å². The molecule has 2 heterocycles. The number of aliphatic hydroxyl groups excluding tert-OH is 1. The minimum absolute atomic E-state index is 0.0435. The Morgan fingerprint density at radius 2 is 2.11 bits per heavy atom. The van der Waals surface area contributed by atoms with E-state index in [1.807, 2.05) is 0 Å². The number of carbonyl (C=O) groups excluding carboxylic acids is 2. The summed E-state index contributed by atoms with van der Waals surface area (Å²) in [6.45, 7) is 5.87. The fourth-order valence-corrected chi connectivity index (χ4v) is 4.82. The van der Waals surface area contributed by atoms with Crippen LogP contribution in [0.3, 0.4) is 0 Å². The van der Waals surface area contributed by atoms with Crippen molar-refractivity contribution in [1.29, 1.82) is 0 Å². The molecule has 1 unspecified atom stereocenters. The number of halogens is 1. The first kappa shape index (κ1) is 28.7. The highest BCUT2D eigenvalue weighted by molar-refractivity contribution is 7.52. The van der Waals surface area contributed by atoms with Gasteiger partial charge in [-0.15, -0.1) is 6.42 Å². The van der Waals surface area contributed by atoms with Crippen LogP contribution in [0.1, 0.15) is 13.8 Å². The van der Waals surface area contributed by atoms with Crippen molar-refractivity contribution in [3.05, 3.63) is 54.0 Å². The fraction of sp³-hybridized carbons (Fsp3) is 0.391. The van der Waals surface area contributed by atoms with Gasteiger partial charge < -0.3 is 34.4 Å². The molecule has 0 bridgehead atoms. The van der Waals surface area contributed by atoms with E-state index in [4.69, 9.17) is 36.5 Å². The second-order valence-electron chi connectivity index (χ2n) is 8.31. The van der Waals surface area contributed by atoms with Crippen molar-refractivity contribution in [2.75, 3.05) is 13.2 Å². The van der Waals surface area contributed by atoms with Crippen molar-refractivity contribution in [3.8, 4) is 18.1 Å². The van der Waals surface area contributed by atoms with Crippen molar-refractivity contribution in [3.63, 3.8) is 0 Å². The lowest BCUT2D eigenvalue weighted by molar-refractivity contribution is -0.146. The number of hydrogen-bond acceptors (Lipinski definition) is 10. The van der Waals surface area contributed by atoms with E-state index in [2.05, 4.69) is 22.9 Å². The van der Waals surface area contributed by atoms with Crippen molar-refractivity contribution < 1.29 is 42.9 Å². The van der Waals surface area contributed by atoms with Crippen molar-refractivity contribution in [2.45, 2.75) is 44.0 Å². The van der Waals surface area contributed by atoms with Gasteiger partial charge in [0.25, 0.3) is 5.91 Å². The van der Waals surface area contributed by atoms with Crippen molar-refractivity contribution in [2.24, 2.45) is 0 Å². The Morgan fingerprint density at radius 3 is 2.70 bits per heavy atom. The van der Waals surface area contributed by atoms with Crippen LogP contribution in [0.4, 0.5) is 0 Å². The highest BCUT2D eigenvalue weighted by atomic mass is 35.5. The molecule has 14 heteroatoms. The summed E-state index contributed by atoms with van der Waals surface area (Å²) in [5.74, 6) is 1.09. The van der Waals surface area contributed by atoms with E-state index in [1.165, 1.54) is 35.4 Å². The molecule has 3 rings (SSSR count). The van der Waals surface area contributed by atoms with Crippen LogP contribution in [-0.4, -0.2) is 70.3 Å². The smallest absolute Gasteiger partial charge is 0.459 e. The first-order valence-electron chi connectivity index (χ1n) is 11.0. The van der Waals surface area contributed by atoms with E-state index < -0.39 is 62.9 Å². The molecule has 2 aliphatic rings. The maximum Gasteiger partial charge on any atom is 0.459 e. The largest absolute Gasteiger partial charge is 0.462 e. The predicted octanol–water partition coefficient (Wildman–Crippen LogP) is 1.25. The summed E-state index contributed by atoms with van der Waals surface area (Å²) >= 11 is 5.88. The van der Waals surface area contributed by atoms with Gasteiger partial charge in [0.05, 0.1) is 12.7 Å². The van der Waals surface area contributed by atoms with E-state index in [0.717, 1.165) is 6.08 Å². The van der Waals surface area contributed by atoms with Crippen LogP contribution < -0.4 is 14.9 Å². The van der Waals surface area contributed by atoms with Gasteiger partial charge in [-0.25, -0.2) is 9.65 Å². The Bertz CT molecular complexity index is 1150. The second kappa shape index (κ2) is 11.7. The molecule has 0 radical (unpaired) electrons. The van der Waals surface area contributed by atoms with Gasteiger partial charge in [-0.3, -0.25) is 14.1 Å². The zero-order valence-electron chi connectivity index (χ0n) is 20.0. The minimum atomic E-state index is -4.28. The number of aliphatic hydroxyl groups is 2. The second-order valence-corrected chi connectivity index (χ2v) is 10.5. The molecule has 1 aromatic carbocycles. The number of nitrogens with one attached hydrogen (secondary N) is 2. The zero-order chi connectivity index (χ0) is 27.4. The third kappa shape index (κ3) is 6.91. The molecular weight excluding hydrogens is 529 g/mol. The fourth-order valence-electron chi connectivity index (χ4n) is 3.42. The average molecular weight is 556 g/mol. The Kier molecular flexibility index (Phi) is 9.05. The number of benzene rings is 1. The molecule has 5 atom stereocenters. The molecule has 4 N–H and O–H groups in total. The maximum absolute atomic E-state index is 13.5. The molecule has 0 saturated carbocycles. The molecule has 0 aliphatic carbocycles. The lowest BCUT2D eigenvalue weighted by Gasteiger charge is -2.36. The van der Waals surface area contributed by atoms with Gasteiger partial charge in [-0.2, -0.15) is 0 Å². The number of hydrogen-bond donors (Lipinski definition) is 4. The first-order valence-corrected chi connectivity index (χ1v) is 12.9. The molecule has 0 spiro atoms. The lowest BCUT2D eigenvalue weighted by atomic mass is 9.94. The number of esters is 1. The van der Waals surface area contributed by atoms with Crippen molar-refractivity contribution >= 4 is 31.2 Å². The minimum Gasteiger partial charge on any atom is -0.462 e. The Morgan fingerprint density at radius 1 is 1.43 bits per heavy atom. The molecule has 1 aromatic rings. The number of terminal acetylenes is 1. The molecule has 1 fully saturated rings. The highest BCUT2D eigenvalue weighted by Gasteiger charge is 2.57. The molecule has 200 valence electrons. The third-order valence-electron chi connectivity index (χ3n) is 5.16. The average Bonchev–Trinajstić information content (AvgIpc) is 3.08. The standard InChI is InChI=1S/C23H27ClN3O9P/c1-5-23(31)21(30)18(35-22(23)27-11-10-19(28)26-15(27)4)13-33-37(32,25-12-20(29)34-14(2)3)36-17-8-6-16(24)7-9-17/h1,6-11,14,18,21-22,30-31H,4,12-13H2,2-3H3,(H,25,32)(H,26,28)/t18-,21-,22-,23-,37?/m1/s1. The third-order valence-corrected chi connectivity index (χ3v) is 6.90. The van der Waals surface area contributed by atoms with Gasteiger partial charge in [0, 0.05) is 17.3 Å². The number of amides is 1. The van der Waals surface area contributed by atoms with Crippen LogP contribution in [0.25, 0.3) is 0 Å². The summed E-state index contributed by atoms with van der Waals surface area (Å²) in [6, 6.07) is 5.85. The maximum atomic E-state index is 13.5. The monoisotopic (exact) mass is 555 g/mol. The van der Waals surface area contributed by atoms with Crippen LogP contribution in [0.2, 0.25) is 5.02 Å². The van der Waals surface area contributed by atoms with E-state index in [-0.39, 0.29) is 11.6 Å². The molecule has 1 saturated heterocycles. The molecule has 12 nitrogen and oxygen atoms in total. The van der Waals surface area contributed by atoms with E-state index in [9.17, 15) is 24.4 Å². The van der Waals surface area contributed by atoms with Gasteiger partial charge in [-0.1, -0.05) is 24.1 Å². The van der Waals surface area contributed by atoms with Crippen LogP contribution in [0.5, 0.6) is 5.75 Å². The Hall–Kier alpha value is -2.88. The van der Waals surface area contributed by atoms with Gasteiger partial charge in [0.15, 0.2) is 11.8 Å². The van der Waals surface area contributed by atoms with Crippen molar-refractivity contribution in [1.82, 2.24) is 15.3 Å². The normalized spacial score (nSPS) is 26.9. The Balaban J connectivity index is 1.77. The summed E-state index contributed by atoms with van der Waals surface area (Å²) in [4.78, 5) is 24.8. The van der Waals surface area contributed by atoms with Gasteiger partial charge in [-0.05, 0) is 38.1 Å². The molecule has 37 heavy (non-hydrogen) atoms. The SMILES string of the molecule is C#C[C@@]1(O)[C@H](O)[C@@H](COP(=O)(NCC(=O)OC(C)C)Oc2ccc(Cl)cc2)O[C@H]1N1C=CC(=O)NC1=C. The summed E-state index contributed by atoms with van der Waals surface area (Å²) in [5.41, 5.74) is -2.26. The summed E-state index contributed by atoms with van der Waals surface area (Å²) in [6.07, 6.45) is 3.13. The first-order chi connectivity index (χ1) is 17.4. The molecule has 1 amide bonds. The van der Waals surface area contributed by atoms with Gasteiger partial charge in [0.2, 0.25) is 0 Å². The van der Waals surface area contributed by atoms with Gasteiger partial charge in [0.1, 0.15) is 30.3 Å². The number of rotatable bonds is 10. The topological polar surface area (TPSA) is 156 Å². The Labute approximate surface area is 218 Å². The van der Waals surface area contributed by atoms with E-state index >= 15 is 0 Å². The quantitative estimate of drug-likeness (QED) is 0.187. The van der Waals surface area contributed by atoms with E-state index in [0.29, 0.717) is 5.02 Å². The zero-order valence-corrected chi connectivity index (χ0v) is 21.6. The summed E-state index contributed by atoms with van der Waals surface area (Å²) in [7, 11) is -4.28. The van der Waals surface area contributed by atoms with Gasteiger partial charge >= 0.3 is 13.7 Å².